The first-order chi connectivity index (χ1) is 14.9. The Kier molecular flexibility index (Phi) is 6.42. The molecule has 166 valence electrons. The van der Waals surface area contributed by atoms with E-state index in [1.807, 2.05) is 17.2 Å². The number of amides is 1. The van der Waals surface area contributed by atoms with Crippen LogP contribution in [0, 0.1) is 0 Å². The average Bonchev–Trinajstić information content (AvgIpc) is 3.01. The number of ether oxygens (including phenoxy) is 1. The second kappa shape index (κ2) is 9.07. The van der Waals surface area contributed by atoms with Crippen LogP contribution in [0.3, 0.4) is 0 Å². The fraction of sp³-hybridized carbons (Fsp3) is 0.520. The molecule has 4 rings (SSSR count). The quantitative estimate of drug-likeness (QED) is 0.766. The molecule has 0 spiro atoms. The molecule has 2 aromatic rings. The molecule has 3 heterocycles. The maximum atomic E-state index is 13.5. The number of rotatable bonds is 6. The van der Waals surface area contributed by atoms with E-state index in [0.717, 1.165) is 36.5 Å². The Bertz CT molecular complexity index is 915. The van der Waals surface area contributed by atoms with Crippen LogP contribution in [0.1, 0.15) is 37.6 Å². The summed E-state index contributed by atoms with van der Waals surface area (Å²) in [5.74, 6) is 0.166. The lowest BCUT2D eigenvalue weighted by atomic mass is 9.88. The topological polar surface area (TPSA) is 62.3 Å². The van der Waals surface area contributed by atoms with Gasteiger partial charge in [-0.05, 0) is 18.6 Å². The minimum Gasteiger partial charge on any atom is -0.383 e. The van der Waals surface area contributed by atoms with Gasteiger partial charge in [0.2, 0.25) is 5.91 Å². The van der Waals surface area contributed by atoms with Gasteiger partial charge in [0.15, 0.2) is 0 Å². The van der Waals surface area contributed by atoms with Gasteiger partial charge in [-0.25, -0.2) is 0 Å². The van der Waals surface area contributed by atoms with Gasteiger partial charge in [0.25, 0.3) is 0 Å². The van der Waals surface area contributed by atoms with Gasteiger partial charge >= 0.3 is 0 Å². The SMILES string of the molecule is COC[C@H]1C[NH2+][C@H](C)CN1CC(=O)N1CC(C)(C)c2cnc(Cc3ccccc3)cc21. The highest BCUT2D eigenvalue weighted by Gasteiger charge is 2.40. The van der Waals surface area contributed by atoms with Crippen LogP contribution in [0.4, 0.5) is 5.69 Å². The summed E-state index contributed by atoms with van der Waals surface area (Å²) in [5, 5.41) is 2.35. The number of aromatic nitrogens is 1. The standard InChI is InChI=1S/C25H34N4O2/c1-18-14-28(21(12-26-18)16-31-4)15-24(30)29-17-25(2,3)22-13-27-20(11-23(22)29)10-19-8-6-5-7-9-19/h5-9,11,13,18,21,26H,10,12,14-17H2,1-4H3/p+1/t18-,21-/m1/s1. The summed E-state index contributed by atoms with van der Waals surface area (Å²) in [6, 6.07) is 13.2. The Morgan fingerprint density at radius 1 is 1.29 bits per heavy atom. The zero-order valence-electron chi connectivity index (χ0n) is 19.2. The first-order valence-corrected chi connectivity index (χ1v) is 11.3. The molecule has 0 unspecified atom stereocenters. The predicted molar refractivity (Wildman–Crippen MR) is 122 cm³/mol. The van der Waals surface area contributed by atoms with Gasteiger partial charge in [-0.2, -0.15) is 0 Å². The molecule has 2 atom stereocenters. The van der Waals surface area contributed by atoms with E-state index in [9.17, 15) is 4.79 Å². The Balaban J connectivity index is 1.55. The monoisotopic (exact) mass is 423 g/mol. The molecule has 0 bridgehead atoms. The molecule has 0 aliphatic carbocycles. The van der Waals surface area contributed by atoms with E-state index in [1.165, 1.54) is 5.56 Å². The van der Waals surface area contributed by atoms with Gasteiger partial charge < -0.3 is 15.0 Å². The number of piperazine rings is 1. The van der Waals surface area contributed by atoms with Gasteiger partial charge in [-0.15, -0.1) is 0 Å². The van der Waals surface area contributed by atoms with E-state index in [1.54, 1.807) is 7.11 Å². The number of quaternary nitrogens is 1. The summed E-state index contributed by atoms with van der Waals surface area (Å²) < 4.78 is 5.42. The number of methoxy groups -OCH3 is 1. The number of nitrogens with zero attached hydrogens (tertiary/aromatic N) is 3. The largest absolute Gasteiger partial charge is 0.383 e. The van der Waals surface area contributed by atoms with Gasteiger partial charge in [0.05, 0.1) is 44.0 Å². The third-order valence-corrected chi connectivity index (χ3v) is 6.59. The van der Waals surface area contributed by atoms with Crippen molar-refractivity contribution in [2.75, 3.05) is 44.8 Å². The van der Waals surface area contributed by atoms with Crippen molar-refractivity contribution >= 4 is 11.6 Å². The maximum absolute atomic E-state index is 13.5. The third-order valence-electron chi connectivity index (χ3n) is 6.59. The minimum absolute atomic E-state index is 0.0990. The average molecular weight is 424 g/mol. The Morgan fingerprint density at radius 2 is 2.06 bits per heavy atom. The molecule has 2 N–H and O–H groups in total. The molecule has 2 aliphatic rings. The summed E-state index contributed by atoms with van der Waals surface area (Å²) in [6.07, 6.45) is 2.75. The van der Waals surface area contributed by atoms with E-state index in [2.05, 4.69) is 61.3 Å². The van der Waals surface area contributed by atoms with E-state index in [-0.39, 0.29) is 17.4 Å². The smallest absolute Gasteiger partial charge is 0.241 e. The molecule has 6 nitrogen and oxygen atoms in total. The molecule has 1 aromatic carbocycles. The fourth-order valence-corrected chi connectivity index (χ4v) is 4.87. The number of hydrogen-bond donors (Lipinski definition) is 1. The number of pyridine rings is 1. The summed E-state index contributed by atoms with van der Waals surface area (Å²) in [5.41, 5.74) is 4.31. The lowest BCUT2D eigenvalue weighted by Crippen LogP contribution is -2.96. The summed E-state index contributed by atoms with van der Waals surface area (Å²) in [7, 11) is 1.73. The second-order valence-electron chi connectivity index (χ2n) is 9.71. The number of anilines is 1. The number of hydrogen-bond acceptors (Lipinski definition) is 4. The first kappa shape index (κ1) is 21.9. The van der Waals surface area contributed by atoms with Crippen molar-refractivity contribution in [2.24, 2.45) is 0 Å². The Hall–Kier alpha value is -2.28. The van der Waals surface area contributed by atoms with E-state index in [0.29, 0.717) is 25.7 Å². The molecule has 0 radical (unpaired) electrons. The molecule has 31 heavy (non-hydrogen) atoms. The summed E-state index contributed by atoms with van der Waals surface area (Å²) in [4.78, 5) is 22.5. The second-order valence-corrected chi connectivity index (χ2v) is 9.71. The first-order valence-electron chi connectivity index (χ1n) is 11.3. The lowest BCUT2D eigenvalue weighted by Gasteiger charge is -2.37. The normalized spacial score (nSPS) is 23.0. The Morgan fingerprint density at radius 3 is 2.81 bits per heavy atom. The number of carbonyl (C=O) groups excluding carboxylic acids is 1. The van der Waals surface area contributed by atoms with Crippen molar-refractivity contribution in [1.82, 2.24) is 9.88 Å². The minimum atomic E-state index is -0.0990. The van der Waals surface area contributed by atoms with Gasteiger partial charge in [-0.1, -0.05) is 44.2 Å². The molecule has 1 fully saturated rings. The molecule has 1 saturated heterocycles. The molecular weight excluding hydrogens is 388 g/mol. The van der Waals surface area contributed by atoms with E-state index >= 15 is 0 Å². The summed E-state index contributed by atoms with van der Waals surface area (Å²) in [6.45, 7) is 10.3. The Labute approximate surface area is 185 Å². The number of nitrogens with two attached hydrogens (primary N) is 1. The molecule has 2 aliphatic heterocycles. The zero-order valence-corrected chi connectivity index (χ0v) is 19.2. The highest BCUT2D eigenvalue weighted by molar-refractivity contribution is 5.97. The summed E-state index contributed by atoms with van der Waals surface area (Å²) >= 11 is 0. The van der Waals surface area contributed by atoms with Crippen LogP contribution in [0.15, 0.2) is 42.6 Å². The van der Waals surface area contributed by atoms with Crippen molar-refractivity contribution in [1.29, 1.82) is 0 Å². The van der Waals surface area contributed by atoms with Crippen LogP contribution in [0.5, 0.6) is 0 Å². The van der Waals surface area contributed by atoms with Crippen LogP contribution < -0.4 is 10.2 Å². The van der Waals surface area contributed by atoms with Crippen LogP contribution in [-0.2, 0) is 21.4 Å². The lowest BCUT2D eigenvalue weighted by molar-refractivity contribution is -0.700. The highest BCUT2D eigenvalue weighted by Crippen LogP contribution is 2.40. The molecule has 1 amide bonds. The maximum Gasteiger partial charge on any atom is 0.241 e. The van der Waals surface area contributed by atoms with Crippen LogP contribution in [0.2, 0.25) is 0 Å². The van der Waals surface area contributed by atoms with Gasteiger partial charge in [0, 0.05) is 42.9 Å². The van der Waals surface area contributed by atoms with Crippen molar-refractivity contribution in [3.8, 4) is 0 Å². The number of carbonyl (C=O) groups is 1. The molecule has 1 aromatic heterocycles. The molecular formula is C25H35N4O2+. The molecule has 6 heteroatoms. The van der Waals surface area contributed by atoms with Crippen molar-refractivity contribution in [2.45, 2.75) is 44.7 Å². The van der Waals surface area contributed by atoms with Gasteiger partial charge in [0.1, 0.15) is 0 Å². The third kappa shape index (κ3) is 4.81. The zero-order chi connectivity index (χ0) is 22.0. The number of benzene rings is 1. The predicted octanol–water partition coefficient (Wildman–Crippen LogP) is 1.58. The van der Waals surface area contributed by atoms with Crippen molar-refractivity contribution in [3.63, 3.8) is 0 Å². The fourth-order valence-electron chi connectivity index (χ4n) is 4.87. The van der Waals surface area contributed by atoms with Crippen LogP contribution in [-0.4, -0.2) is 67.8 Å². The van der Waals surface area contributed by atoms with Crippen molar-refractivity contribution < 1.29 is 14.8 Å². The van der Waals surface area contributed by atoms with Crippen LogP contribution in [0.25, 0.3) is 0 Å². The van der Waals surface area contributed by atoms with Gasteiger partial charge in [-0.3, -0.25) is 14.7 Å². The molecule has 0 saturated carbocycles. The highest BCUT2D eigenvalue weighted by atomic mass is 16.5. The van der Waals surface area contributed by atoms with Crippen molar-refractivity contribution in [3.05, 3.63) is 59.4 Å². The van der Waals surface area contributed by atoms with E-state index < -0.39 is 0 Å². The van der Waals surface area contributed by atoms with Crippen LogP contribution >= 0.6 is 0 Å². The van der Waals surface area contributed by atoms with E-state index in [4.69, 9.17) is 9.72 Å². The number of fused-ring (bicyclic) bond motifs is 1.